The van der Waals surface area contributed by atoms with E-state index < -0.39 is 0 Å². The molecule has 0 spiro atoms. The van der Waals surface area contributed by atoms with Gasteiger partial charge in [-0.05, 0) is 0 Å². The van der Waals surface area contributed by atoms with Crippen LogP contribution in [0.15, 0.2) is 0 Å². The van der Waals surface area contributed by atoms with E-state index in [4.69, 9.17) is 11.6 Å². The van der Waals surface area contributed by atoms with Gasteiger partial charge in [-0.3, -0.25) is 5.01 Å². The maximum absolute atomic E-state index is 5.26. The molecule has 0 radical (unpaired) electrons. The second-order valence-corrected chi connectivity index (χ2v) is 1.63. The van der Waals surface area contributed by atoms with E-state index in [0.29, 0.717) is 5.95 Å². The first kappa shape index (κ1) is 5.83. The summed E-state index contributed by atoms with van der Waals surface area (Å²) in [4.78, 5) is 3.72. The summed E-state index contributed by atoms with van der Waals surface area (Å²) in [6.45, 7) is 0. The lowest BCUT2D eigenvalue weighted by Gasteiger charge is -2.02. The Bertz CT molecular complexity index is 190. The number of rotatable bonds is 1. The summed E-state index contributed by atoms with van der Waals surface area (Å²) < 4.78 is 0. The molecule has 0 atom stereocenters. The van der Waals surface area contributed by atoms with Crippen molar-refractivity contribution in [2.24, 2.45) is 5.84 Å². The van der Waals surface area contributed by atoms with Crippen LogP contribution in [0, 0.1) is 0 Å². The van der Waals surface area contributed by atoms with Crippen molar-refractivity contribution in [2.75, 3.05) is 17.8 Å². The van der Waals surface area contributed by atoms with Gasteiger partial charge in [-0.1, -0.05) is 0 Å². The van der Waals surface area contributed by atoms with Crippen LogP contribution in [-0.2, 0) is 0 Å². The van der Waals surface area contributed by atoms with E-state index in [1.54, 1.807) is 7.05 Å². The van der Waals surface area contributed by atoms with Crippen LogP contribution in [-0.4, -0.2) is 22.2 Å². The van der Waals surface area contributed by atoms with Crippen LogP contribution in [0.5, 0.6) is 0 Å². The highest BCUT2D eigenvalue weighted by molar-refractivity contribution is 5.30. The second-order valence-electron chi connectivity index (χ2n) is 1.63. The Kier molecular flexibility index (Phi) is 1.23. The van der Waals surface area contributed by atoms with Crippen LogP contribution in [0.2, 0.25) is 0 Å². The highest BCUT2D eigenvalue weighted by atomic mass is 15.5. The molecule has 0 unspecified atom stereocenters. The fourth-order valence-corrected chi connectivity index (χ4v) is 0.423. The predicted octanol–water partition coefficient (Wildman–Crippen LogP) is -1.30. The van der Waals surface area contributed by atoms with Gasteiger partial charge in [0.1, 0.15) is 0 Å². The van der Waals surface area contributed by atoms with Gasteiger partial charge in [0, 0.05) is 7.05 Å². The van der Waals surface area contributed by atoms with Gasteiger partial charge in [-0.25, -0.2) is 10.9 Å². The second kappa shape index (κ2) is 1.90. The Hall–Kier alpha value is -1.30. The van der Waals surface area contributed by atoms with Crippen LogP contribution in [0.4, 0.5) is 11.9 Å². The number of anilines is 2. The van der Waals surface area contributed by atoms with Crippen molar-refractivity contribution in [1.82, 2.24) is 15.2 Å². The molecule has 0 fully saturated rings. The monoisotopic (exact) mass is 128 g/mol. The summed E-state index contributed by atoms with van der Waals surface area (Å²) in [5, 5.41) is 7.37. The first-order chi connectivity index (χ1) is 4.20. The lowest BCUT2D eigenvalue weighted by atomic mass is 10.9. The minimum absolute atomic E-state index is 0.266. The number of nitrogens with one attached hydrogen (secondary N) is 1. The van der Waals surface area contributed by atoms with E-state index in [1.165, 1.54) is 5.01 Å². The summed E-state index contributed by atoms with van der Waals surface area (Å²) in [5.41, 5.74) is 5.20. The average Bonchev–Trinajstić information content (AvgIpc) is 2.14. The van der Waals surface area contributed by atoms with E-state index >= 15 is 0 Å². The molecule has 0 aliphatic carbocycles. The molecule has 0 aliphatic rings. The molecule has 0 saturated heterocycles. The Morgan fingerprint density at radius 1 is 1.67 bits per heavy atom. The average molecular weight is 128 g/mol. The molecule has 0 amide bonds. The van der Waals surface area contributed by atoms with Gasteiger partial charge in [0.05, 0.1) is 0 Å². The number of nitrogen functional groups attached to an aromatic ring is 1. The zero-order valence-electron chi connectivity index (χ0n) is 5.00. The van der Waals surface area contributed by atoms with Crippen molar-refractivity contribution >= 4 is 11.9 Å². The number of nitrogens with zero attached hydrogens (tertiary/aromatic N) is 3. The molecule has 5 N–H and O–H groups in total. The fraction of sp³-hybridized carbons (Fsp3) is 0.333. The van der Waals surface area contributed by atoms with Crippen molar-refractivity contribution < 1.29 is 0 Å². The van der Waals surface area contributed by atoms with E-state index in [9.17, 15) is 0 Å². The zero-order valence-corrected chi connectivity index (χ0v) is 5.00. The maximum Gasteiger partial charge on any atom is 0.260 e. The number of hydrogen-bond donors (Lipinski definition) is 3. The molecular formula is C3H8N6. The molecule has 50 valence electrons. The molecule has 1 aromatic heterocycles. The smallest absolute Gasteiger partial charge is 0.260 e. The zero-order chi connectivity index (χ0) is 6.85. The van der Waals surface area contributed by atoms with Gasteiger partial charge in [0.2, 0.25) is 5.95 Å². The summed E-state index contributed by atoms with van der Waals surface area (Å²) in [6, 6.07) is 0. The van der Waals surface area contributed by atoms with Crippen molar-refractivity contribution in [2.45, 2.75) is 0 Å². The summed E-state index contributed by atoms with van der Waals surface area (Å²) >= 11 is 0. The Morgan fingerprint density at radius 3 is 2.56 bits per heavy atom. The number of H-pyrrole nitrogens is 1. The van der Waals surface area contributed by atoms with E-state index in [0.717, 1.165) is 0 Å². The third-order valence-electron chi connectivity index (χ3n) is 0.806. The molecule has 0 bridgehead atoms. The first-order valence-corrected chi connectivity index (χ1v) is 2.36. The fourth-order valence-electron chi connectivity index (χ4n) is 0.423. The minimum Gasteiger partial charge on any atom is -0.368 e. The predicted molar refractivity (Wildman–Crippen MR) is 33.4 cm³/mol. The summed E-state index contributed by atoms with van der Waals surface area (Å²) in [7, 11) is 1.63. The molecule has 0 aromatic carbocycles. The van der Waals surface area contributed by atoms with Gasteiger partial charge in [-0.2, -0.15) is 4.98 Å². The van der Waals surface area contributed by atoms with Crippen molar-refractivity contribution in [3.63, 3.8) is 0 Å². The lowest BCUT2D eigenvalue weighted by Crippen LogP contribution is -2.26. The van der Waals surface area contributed by atoms with E-state index in [2.05, 4.69) is 15.2 Å². The molecular weight excluding hydrogens is 120 g/mol. The first-order valence-electron chi connectivity index (χ1n) is 2.36. The molecule has 6 nitrogen and oxygen atoms in total. The van der Waals surface area contributed by atoms with Crippen LogP contribution in [0.25, 0.3) is 0 Å². The molecule has 1 rings (SSSR count). The quantitative estimate of drug-likeness (QED) is 0.322. The third-order valence-corrected chi connectivity index (χ3v) is 0.806. The number of nitrogens with two attached hydrogens (primary N) is 2. The van der Waals surface area contributed by atoms with Crippen LogP contribution >= 0.6 is 0 Å². The molecule has 0 aliphatic heterocycles. The number of hydrogen-bond acceptors (Lipinski definition) is 5. The van der Waals surface area contributed by atoms with Crippen LogP contribution in [0.1, 0.15) is 0 Å². The largest absolute Gasteiger partial charge is 0.368 e. The van der Waals surface area contributed by atoms with Crippen molar-refractivity contribution in [1.29, 1.82) is 0 Å². The number of aromatic nitrogens is 3. The number of aromatic amines is 1. The van der Waals surface area contributed by atoms with Gasteiger partial charge in [-0.15, -0.1) is 5.10 Å². The van der Waals surface area contributed by atoms with Crippen LogP contribution in [0.3, 0.4) is 0 Å². The SMILES string of the molecule is CN(N)c1n[nH]c(N)n1. The maximum atomic E-state index is 5.26. The molecule has 1 heterocycles. The third kappa shape index (κ3) is 1.08. The Balaban J connectivity index is 2.85. The van der Waals surface area contributed by atoms with Crippen molar-refractivity contribution in [3.05, 3.63) is 0 Å². The molecule has 1 aromatic rings. The molecule has 9 heavy (non-hydrogen) atoms. The Morgan fingerprint density at radius 2 is 2.33 bits per heavy atom. The normalized spacial score (nSPS) is 9.56. The highest BCUT2D eigenvalue weighted by Gasteiger charge is 1.99. The Labute approximate surface area is 51.8 Å². The minimum atomic E-state index is 0.266. The van der Waals surface area contributed by atoms with Gasteiger partial charge in [0.15, 0.2) is 0 Å². The van der Waals surface area contributed by atoms with Gasteiger partial charge >= 0.3 is 0 Å². The summed E-state index contributed by atoms with van der Waals surface area (Å²) in [5.74, 6) is 5.91. The topological polar surface area (TPSA) is 96.8 Å². The summed E-state index contributed by atoms with van der Waals surface area (Å²) in [6.07, 6.45) is 0. The standard InChI is InChI=1S/C3H8N6/c1-9(5)3-6-2(4)7-8-3/h5H2,1H3,(H3,4,6,7,8). The highest BCUT2D eigenvalue weighted by Crippen LogP contribution is 1.99. The van der Waals surface area contributed by atoms with Crippen molar-refractivity contribution in [3.8, 4) is 0 Å². The number of hydrazine groups is 1. The van der Waals surface area contributed by atoms with E-state index in [-0.39, 0.29) is 5.95 Å². The van der Waals surface area contributed by atoms with Gasteiger partial charge < -0.3 is 5.73 Å². The lowest BCUT2D eigenvalue weighted by molar-refractivity contribution is 0.934. The molecule has 6 heteroatoms. The molecule has 0 saturated carbocycles. The van der Waals surface area contributed by atoms with Crippen LogP contribution < -0.4 is 16.6 Å². The van der Waals surface area contributed by atoms with E-state index in [1.807, 2.05) is 0 Å². The van der Waals surface area contributed by atoms with Gasteiger partial charge in [0.25, 0.3) is 5.95 Å².